The molecule has 0 radical (unpaired) electrons. The summed E-state index contributed by atoms with van der Waals surface area (Å²) in [5.41, 5.74) is 0.261. The van der Waals surface area contributed by atoms with Crippen LogP contribution in [0.1, 0.15) is 18.4 Å². The molecule has 0 aliphatic carbocycles. The van der Waals surface area contributed by atoms with Gasteiger partial charge in [-0.3, -0.25) is 9.78 Å². The Morgan fingerprint density at radius 1 is 1.05 bits per heavy atom. The Balaban J connectivity index is 1.45. The Morgan fingerprint density at radius 3 is 2.51 bits per heavy atom. The van der Waals surface area contributed by atoms with Crippen LogP contribution >= 0.6 is 23.2 Å². The Kier molecular flexibility index (Phi) is 7.81. The molecule has 0 spiro atoms. The second-order valence-corrected chi connectivity index (χ2v) is 10.0. The van der Waals surface area contributed by atoms with E-state index in [0.29, 0.717) is 37.4 Å². The molecule has 0 saturated carbocycles. The van der Waals surface area contributed by atoms with Crippen molar-refractivity contribution in [3.8, 4) is 22.6 Å². The maximum Gasteiger partial charge on any atom is 0.417 e. The molecule has 8 nitrogen and oxygen atoms in total. The van der Waals surface area contributed by atoms with E-state index in [-0.39, 0.29) is 22.7 Å². The summed E-state index contributed by atoms with van der Waals surface area (Å²) in [6.07, 6.45) is 4.02. The third-order valence-corrected chi connectivity index (χ3v) is 6.79. The number of aliphatic imine (C=N–C) groups is 1. The highest BCUT2D eigenvalue weighted by Gasteiger charge is 2.37. The van der Waals surface area contributed by atoms with Crippen molar-refractivity contribution in [1.82, 2.24) is 15.0 Å². The first kappa shape index (κ1) is 27.0. The van der Waals surface area contributed by atoms with Crippen molar-refractivity contribution in [2.24, 2.45) is 4.99 Å². The number of aromatic nitrogens is 2. The highest BCUT2D eigenvalue weighted by atomic mass is 35.5. The zero-order valence-corrected chi connectivity index (χ0v) is 22.0. The molecule has 2 aliphatic rings. The number of piperazine rings is 1. The molecule has 3 aromatic rings. The van der Waals surface area contributed by atoms with E-state index in [1.54, 1.807) is 6.07 Å². The van der Waals surface area contributed by atoms with E-state index in [1.807, 2.05) is 11.1 Å². The third-order valence-electron chi connectivity index (χ3n) is 6.39. The molecule has 2 aliphatic heterocycles. The number of alkyl halides is 5. The van der Waals surface area contributed by atoms with E-state index >= 15 is 0 Å². The smallest absolute Gasteiger partial charge is 0.367 e. The van der Waals surface area contributed by atoms with Crippen LogP contribution in [0.15, 0.2) is 64.1 Å². The first-order valence-electron chi connectivity index (χ1n) is 12.1. The van der Waals surface area contributed by atoms with Crippen molar-refractivity contribution in [2.75, 3.05) is 36.4 Å². The molecular formula is C26H23Cl2F3N6O2. The van der Waals surface area contributed by atoms with Crippen LogP contribution in [-0.4, -0.2) is 58.2 Å². The molecule has 1 amide bonds. The predicted molar refractivity (Wildman–Crippen MR) is 144 cm³/mol. The average Bonchev–Trinajstić information content (AvgIpc) is 3.43. The minimum absolute atomic E-state index is 0.0333. The van der Waals surface area contributed by atoms with Crippen LogP contribution in [0.3, 0.4) is 0 Å². The van der Waals surface area contributed by atoms with Crippen LogP contribution in [0, 0.1) is 0 Å². The number of carbonyl (C=O) groups is 1. The monoisotopic (exact) mass is 578 g/mol. The van der Waals surface area contributed by atoms with Gasteiger partial charge in [-0.25, -0.2) is 4.99 Å². The average molecular weight is 579 g/mol. The number of nitrogens with zero attached hydrogens (tertiary/aromatic N) is 5. The summed E-state index contributed by atoms with van der Waals surface area (Å²) in [5.74, 6) is 0.439. The van der Waals surface area contributed by atoms with Gasteiger partial charge in [0.1, 0.15) is 11.5 Å². The molecule has 1 saturated heterocycles. The second-order valence-electron chi connectivity index (χ2n) is 8.95. The summed E-state index contributed by atoms with van der Waals surface area (Å²) in [4.78, 5) is 23.1. The van der Waals surface area contributed by atoms with Crippen molar-refractivity contribution in [2.45, 2.75) is 23.9 Å². The molecule has 1 fully saturated rings. The summed E-state index contributed by atoms with van der Waals surface area (Å²) in [7, 11) is 0. The number of hydrogen-bond acceptors (Lipinski definition) is 7. The fourth-order valence-corrected chi connectivity index (χ4v) is 4.67. The quantitative estimate of drug-likeness (QED) is 0.361. The molecular weight excluding hydrogens is 556 g/mol. The zero-order valence-electron chi connectivity index (χ0n) is 20.5. The lowest BCUT2D eigenvalue weighted by atomic mass is 9.99. The number of pyridine rings is 1. The normalized spacial score (nSPS) is 16.0. The number of rotatable bonds is 6. The molecule has 0 atom stereocenters. The molecule has 1 N–H and O–H groups in total. The van der Waals surface area contributed by atoms with Crippen molar-refractivity contribution < 1.29 is 22.5 Å². The fraction of sp³-hybridized carbons (Fsp3) is 0.308. The highest BCUT2D eigenvalue weighted by Crippen LogP contribution is 2.43. The van der Waals surface area contributed by atoms with Gasteiger partial charge in [-0.05, 0) is 37.1 Å². The Hall–Kier alpha value is -3.57. The molecule has 5 rings (SSSR count). The molecule has 13 heteroatoms. The van der Waals surface area contributed by atoms with Gasteiger partial charge in [0, 0.05) is 61.5 Å². The topological polar surface area (TPSA) is 86.9 Å². The van der Waals surface area contributed by atoms with Crippen molar-refractivity contribution in [1.29, 1.82) is 0 Å². The van der Waals surface area contributed by atoms with Gasteiger partial charge in [-0.1, -0.05) is 34.4 Å². The Labute approximate surface area is 232 Å². The lowest BCUT2D eigenvalue weighted by Gasteiger charge is -2.38. The first-order chi connectivity index (χ1) is 18.7. The fourth-order valence-electron chi connectivity index (χ4n) is 4.56. The molecule has 39 heavy (non-hydrogen) atoms. The first-order valence-corrected chi connectivity index (χ1v) is 13.0. The number of allylic oxidation sites excluding steroid dienone is 1. The van der Waals surface area contributed by atoms with Crippen molar-refractivity contribution >= 4 is 46.7 Å². The second kappa shape index (κ2) is 11.3. The maximum atomic E-state index is 14.2. The van der Waals surface area contributed by atoms with Crippen LogP contribution < -0.4 is 10.2 Å². The maximum absolute atomic E-state index is 14.2. The molecule has 0 unspecified atom stereocenters. The standard InChI is InChI=1S/C26H23Cl2F3N6O2/c27-24(28)25(38)34-17-12-16(14-32-15-17)21-13-19(35-39-21)23-18(26(29,30)31)4-3-5-20(23)36-8-10-37(11-9-36)22-6-1-2-7-33-22/h3-7,12-15,24H,1-2,8-11H2,(H,34,38). The predicted octanol–water partition coefficient (Wildman–Crippen LogP) is 5.99. The number of benzene rings is 1. The largest absolute Gasteiger partial charge is 0.417 e. The molecule has 0 bridgehead atoms. The number of halogens is 5. The number of amides is 1. The third kappa shape index (κ3) is 6.04. The number of hydrogen-bond donors (Lipinski definition) is 1. The minimum atomic E-state index is -4.61. The Bertz CT molecular complexity index is 1410. The minimum Gasteiger partial charge on any atom is -0.367 e. The van der Waals surface area contributed by atoms with Crippen LogP contribution in [0.2, 0.25) is 0 Å². The van der Waals surface area contributed by atoms with E-state index in [9.17, 15) is 18.0 Å². The van der Waals surface area contributed by atoms with E-state index in [4.69, 9.17) is 27.7 Å². The van der Waals surface area contributed by atoms with Gasteiger partial charge in [0.15, 0.2) is 10.6 Å². The van der Waals surface area contributed by atoms with E-state index in [0.717, 1.165) is 24.7 Å². The van der Waals surface area contributed by atoms with Gasteiger partial charge < -0.3 is 19.6 Å². The Morgan fingerprint density at radius 2 is 1.82 bits per heavy atom. The lowest BCUT2D eigenvalue weighted by Crippen LogP contribution is -2.46. The van der Waals surface area contributed by atoms with Crippen LogP contribution in [0.25, 0.3) is 22.6 Å². The SMILES string of the molecule is O=C(Nc1cncc(-c2cc(-c3c(N4CCN(C5=CCCC=N5)CC4)cccc3C(F)(F)F)no2)c1)C(Cl)Cl. The highest BCUT2D eigenvalue weighted by molar-refractivity contribution is 6.54. The summed E-state index contributed by atoms with van der Waals surface area (Å²) in [5, 5.41) is 6.50. The number of anilines is 2. The van der Waals surface area contributed by atoms with Gasteiger partial charge in [0.05, 0.1) is 17.4 Å². The van der Waals surface area contributed by atoms with Gasteiger partial charge in [-0.2, -0.15) is 13.2 Å². The van der Waals surface area contributed by atoms with Crippen LogP contribution in [0.4, 0.5) is 24.5 Å². The van der Waals surface area contributed by atoms with Gasteiger partial charge >= 0.3 is 6.18 Å². The van der Waals surface area contributed by atoms with Crippen LogP contribution in [-0.2, 0) is 11.0 Å². The zero-order chi connectivity index (χ0) is 27.6. The van der Waals surface area contributed by atoms with E-state index < -0.39 is 22.5 Å². The molecule has 204 valence electrons. The van der Waals surface area contributed by atoms with E-state index in [2.05, 4.69) is 31.4 Å². The van der Waals surface area contributed by atoms with Gasteiger partial charge in [-0.15, -0.1) is 0 Å². The molecule has 2 aromatic heterocycles. The van der Waals surface area contributed by atoms with E-state index in [1.165, 1.54) is 30.6 Å². The summed E-state index contributed by atoms with van der Waals surface area (Å²) < 4.78 is 48.0. The molecule has 1 aromatic carbocycles. The van der Waals surface area contributed by atoms with Crippen molar-refractivity contribution in [3.05, 3.63) is 60.2 Å². The van der Waals surface area contributed by atoms with Gasteiger partial charge in [0.2, 0.25) is 0 Å². The summed E-state index contributed by atoms with van der Waals surface area (Å²) in [6.45, 7) is 2.27. The molecule has 4 heterocycles. The van der Waals surface area contributed by atoms with Gasteiger partial charge in [0.25, 0.3) is 5.91 Å². The number of carbonyl (C=O) groups excluding carboxylic acids is 1. The summed E-state index contributed by atoms with van der Waals surface area (Å²) >= 11 is 11.2. The number of nitrogens with one attached hydrogen (secondary N) is 1. The van der Waals surface area contributed by atoms with Crippen molar-refractivity contribution in [3.63, 3.8) is 0 Å². The van der Waals surface area contributed by atoms with Crippen LogP contribution in [0.5, 0.6) is 0 Å². The lowest BCUT2D eigenvalue weighted by molar-refractivity contribution is -0.137. The summed E-state index contributed by atoms with van der Waals surface area (Å²) in [6, 6.07) is 7.07.